The number of nitrogens with one attached hydrogen (secondary N) is 1. The predicted molar refractivity (Wildman–Crippen MR) is 78.9 cm³/mol. The molecular weight excluding hydrogens is 234 g/mol. The maximum atomic E-state index is 4.17. The summed E-state index contributed by atoms with van der Waals surface area (Å²) in [6.07, 6.45) is 16.9. The minimum absolute atomic E-state index is 0.305. The van der Waals surface area contributed by atoms with Crippen molar-refractivity contribution in [1.82, 2.24) is 15.3 Å². The lowest BCUT2D eigenvalue weighted by Crippen LogP contribution is -2.24. The average molecular weight is 259 g/mol. The Morgan fingerprint density at radius 3 is 2.74 bits per heavy atom. The lowest BCUT2D eigenvalue weighted by atomic mass is 9.92. The second-order valence-corrected chi connectivity index (χ2v) is 5.29. The number of allylic oxidation sites excluding steroid dienone is 1. The smallest absolute Gasteiger partial charge is 0.115 e. The van der Waals surface area contributed by atoms with E-state index in [9.17, 15) is 0 Å². The first-order chi connectivity index (χ1) is 9.42. The van der Waals surface area contributed by atoms with Crippen LogP contribution in [0.25, 0.3) is 0 Å². The fourth-order valence-electron chi connectivity index (χ4n) is 2.69. The molecule has 1 aromatic heterocycles. The minimum atomic E-state index is 0.305. The van der Waals surface area contributed by atoms with Crippen LogP contribution >= 0.6 is 0 Å². The largest absolute Gasteiger partial charge is 0.306 e. The molecule has 3 nitrogen and oxygen atoms in total. The van der Waals surface area contributed by atoms with E-state index in [2.05, 4.69) is 28.3 Å². The first-order valence-electron chi connectivity index (χ1n) is 7.59. The zero-order chi connectivity index (χ0) is 13.3. The third-order valence-corrected chi connectivity index (χ3v) is 3.71. The van der Waals surface area contributed by atoms with E-state index in [4.69, 9.17) is 0 Å². The Morgan fingerprint density at radius 1 is 1.16 bits per heavy atom. The first-order valence-corrected chi connectivity index (χ1v) is 7.59. The van der Waals surface area contributed by atoms with E-state index in [0.717, 1.165) is 13.0 Å². The lowest BCUT2D eigenvalue weighted by Gasteiger charge is -2.23. The van der Waals surface area contributed by atoms with Gasteiger partial charge in [0.2, 0.25) is 0 Å². The number of hydrogen-bond donors (Lipinski definition) is 1. The average Bonchev–Trinajstić information content (AvgIpc) is 2.42. The van der Waals surface area contributed by atoms with Gasteiger partial charge in [-0.3, -0.25) is 0 Å². The fraction of sp³-hybridized carbons (Fsp3) is 0.625. The summed E-state index contributed by atoms with van der Waals surface area (Å²) in [6.45, 7) is 3.25. The van der Waals surface area contributed by atoms with Gasteiger partial charge in [0.05, 0.1) is 6.04 Å². The maximum absolute atomic E-state index is 4.17. The summed E-state index contributed by atoms with van der Waals surface area (Å²) in [7, 11) is 0. The number of nitrogens with zero attached hydrogens (tertiary/aromatic N) is 2. The molecule has 0 saturated carbocycles. The molecule has 0 bridgehead atoms. The Bertz CT molecular complexity index is 386. The van der Waals surface area contributed by atoms with Crippen molar-refractivity contribution < 1.29 is 0 Å². The topological polar surface area (TPSA) is 37.8 Å². The number of rotatable bonds is 5. The number of hydrogen-bond acceptors (Lipinski definition) is 3. The van der Waals surface area contributed by atoms with E-state index >= 15 is 0 Å². The van der Waals surface area contributed by atoms with E-state index in [1.165, 1.54) is 49.7 Å². The first kappa shape index (κ1) is 14.2. The molecule has 104 valence electrons. The summed E-state index contributed by atoms with van der Waals surface area (Å²) in [4.78, 5) is 8.34. The highest BCUT2D eigenvalue weighted by molar-refractivity contribution is 5.24. The van der Waals surface area contributed by atoms with Crippen LogP contribution in [0.4, 0.5) is 0 Å². The standard InChI is InChI=1S/C16H25N3/c1-2-10-19-16(15-11-17-13-18-12-15)14-8-6-4-3-5-7-9-14/h8,11-13,16,19H,2-7,9-10H2,1H3. The minimum Gasteiger partial charge on any atom is -0.306 e. The second kappa shape index (κ2) is 8.05. The lowest BCUT2D eigenvalue weighted by molar-refractivity contribution is 0.538. The molecule has 1 atom stereocenters. The molecule has 1 aliphatic rings. The van der Waals surface area contributed by atoms with Crippen LogP contribution in [0.3, 0.4) is 0 Å². The highest BCUT2D eigenvalue weighted by Gasteiger charge is 2.16. The van der Waals surface area contributed by atoms with Crippen molar-refractivity contribution in [1.29, 1.82) is 0 Å². The Balaban J connectivity index is 2.15. The van der Waals surface area contributed by atoms with Crippen LogP contribution in [0.2, 0.25) is 0 Å². The normalized spacial score (nSPS) is 18.3. The summed E-state index contributed by atoms with van der Waals surface area (Å²) in [5.41, 5.74) is 2.73. The van der Waals surface area contributed by atoms with Crippen LogP contribution in [0.15, 0.2) is 30.4 Å². The molecule has 0 aliphatic heterocycles. The van der Waals surface area contributed by atoms with E-state index in [1.807, 2.05) is 12.4 Å². The molecule has 2 rings (SSSR count). The molecule has 1 aliphatic carbocycles. The van der Waals surface area contributed by atoms with Crippen molar-refractivity contribution >= 4 is 0 Å². The molecule has 0 fully saturated rings. The highest BCUT2D eigenvalue weighted by atomic mass is 14.9. The quantitative estimate of drug-likeness (QED) is 0.817. The van der Waals surface area contributed by atoms with Gasteiger partial charge < -0.3 is 5.32 Å². The molecule has 1 aromatic rings. The maximum Gasteiger partial charge on any atom is 0.115 e. The monoisotopic (exact) mass is 259 g/mol. The van der Waals surface area contributed by atoms with Gasteiger partial charge in [-0.05, 0) is 38.6 Å². The van der Waals surface area contributed by atoms with Gasteiger partial charge in [-0.25, -0.2) is 9.97 Å². The van der Waals surface area contributed by atoms with Gasteiger partial charge in [0.1, 0.15) is 6.33 Å². The predicted octanol–water partition coefficient (Wildman–Crippen LogP) is 3.80. The SMILES string of the molecule is CCCNC(C1=CCCCCCC1)c1cncnc1. The Morgan fingerprint density at radius 2 is 1.95 bits per heavy atom. The molecule has 19 heavy (non-hydrogen) atoms. The van der Waals surface area contributed by atoms with Gasteiger partial charge in [-0.2, -0.15) is 0 Å². The van der Waals surface area contributed by atoms with Gasteiger partial charge >= 0.3 is 0 Å². The molecule has 0 spiro atoms. The Labute approximate surface area is 116 Å². The zero-order valence-electron chi connectivity index (χ0n) is 11.9. The van der Waals surface area contributed by atoms with Crippen LogP contribution in [0, 0.1) is 0 Å². The van der Waals surface area contributed by atoms with Crippen molar-refractivity contribution in [3.8, 4) is 0 Å². The fourth-order valence-corrected chi connectivity index (χ4v) is 2.69. The molecule has 0 aromatic carbocycles. The molecule has 0 radical (unpaired) electrons. The van der Waals surface area contributed by atoms with Gasteiger partial charge in [-0.15, -0.1) is 0 Å². The van der Waals surface area contributed by atoms with E-state index < -0.39 is 0 Å². The van der Waals surface area contributed by atoms with E-state index in [1.54, 1.807) is 6.33 Å². The van der Waals surface area contributed by atoms with Crippen LogP contribution in [0.1, 0.15) is 63.5 Å². The van der Waals surface area contributed by atoms with Gasteiger partial charge in [0.15, 0.2) is 0 Å². The van der Waals surface area contributed by atoms with Crippen molar-refractivity contribution in [3.05, 3.63) is 35.9 Å². The molecule has 1 heterocycles. The zero-order valence-corrected chi connectivity index (χ0v) is 11.9. The summed E-state index contributed by atoms with van der Waals surface area (Å²) in [5.74, 6) is 0. The van der Waals surface area contributed by atoms with Crippen molar-refractivity contribution in [2.24, 2.45) is 0 Å². The van der Waals surface area contributed by atoms with Gasteiger partial charge in [-0.1, -0.05) is 31.4 Å². The van der Waals surface area contributed by atoms with Crippen LogP contribution in [0.5, 0.6) is 0 Å². The van der Waals surface area contributed by atoms with E-state index in [0.29, 0.717) is 6.04 Å². The molecule has 0 saturated heterocycles. The van der Waals surface area contributed by atoms with Crippen molar-refractivity contribution in [2.75, 3.05) is 6.54 Å². The third-order valence-electron chi connectivity index (χ3n) is 3.71. The molecule has 0 amide bonds. The van der Waals surface area contributed by atoms with E-state index in [-0.39, 0.29) is 0 Å². The van der Waals surface area contributed by atoms with Crippen LogP contribution in [-0.4, -0.2) is 16.5 Å². The van der Waals surface area contributed by atoms with Gasteiger partial charge in [0, 0.05) is 18.0 Å². The summed E-state index contributed by atoms with van der Waals surface area (Å²) in [5, 5.41) is 3.66. The molecular formula is C16H25N3. The molecule has 1 unspecified atom stereocenters. The van der Waals surface area contributed by atoms with Crippen molar-refractivity contribution in [2.45, 2.75) is 57.9 Å². The summed E-state index contributed by atoms with van der Waals surface area (Å²) in [6, 6.07) is 0.305. The van der Waals surface area contributed by atoms with Gasteiger partial charge in [0.25, 0.3) is 0 Å². The van der Waals surface area contributed by atoms with Crippen LogP contribution in [-0.2, 0) is 0 Å². The van der Waals surface area contributed by atoms with Crippen LogP contribution < -0.4 is 5.32 Å². The molecule has 3 heteroatoms. The Kier molecular flexibility index (Phi) is 6.02. The summed E-state index contributed by atoms with van der Waals surface area (Å²) < 4.78 is 0. The third kappa shape index (κ3) is 4.43. The van der Waals surface area contributed by atoms with Crippen molar-refractivity contribution in [3.63, 3.8) is 0 Å². The highest BCUT2D eigenvalue weighted by Crippen LogP contribution is 2.28. The number of aromatic nitrogens is 2. The Hall–Kier alpha value is -1.22. The second-order valence-electron chi connectivity index (χ2n) is 5.29. The summed E-state index contributed by atoms with van der Waals surface area (Å²) >= 11 is 0. The molecule has 1 N–H and O–H groups in total.